The molecule has 0 aliphatic heterocycles. The summed E-state index contributed by atoms with van der Waals surface area (Å²) in [5.74, 6) is 1.45. The van der Waals surface area contributed by atoms with Crippen LogP contribution in [0.25, 0.3) is 0 Å². The second-order valence-corrected chi connectivity index (χ2v) is 6.46. The molecule has 2 N–H and O–H groups in total. The lowest BCUT2D eigenvalue weighted by Crippen LogP contribution is -1.94. The highest BCUT2D eigenvalue weighted by Crippen LogP contribution is 2.36. The van der Waals surface area contributed by atoms with Gasteiger partial charge in [0, 0.05) is 5.56 Å². The van der Waals surface area contributed by atoms with Crippen LogP contribution in [-0.4, -0.2) is 10.2 Å². The number of hydrogen-bond donors (Lipinski definition) is 2. The summed E-state index contributed by atoms with van der Waals surface area (Å²) in [5, 5.41) is 19.5. The summed E-state index contributed by atoms with van der Waals surface area (Å²) >= 11 is 0. The fourth-order valence-corrected chi connectivity index (χ4v) is 2.69. The molecule has 1 rings (SSSR count). The number of phenolic OH excluding ortho intramolecular Hbond substituents is 2. The van der Waals surface area contributed by atoms with Crippen LogP contribution in [0.4, 0.5) is 0 Å². The summed E-state index contributed by atoms with van der Waals surface area (Å²) in [6, 6.07) is 0. The molecule has 0 aromatic heterocycles. The topological polar surface area (TPSA) is 40.5 Å². The summed E-state index contributed by atoms with van der Waals surface area (Å²) in [4.78, 5) is 0. The van der Waals surface area contributed by atoms with Gasteiger partial charge in [0.2, 0.25) is 0 Å². The third-order valence-electron chi connectivity index (χ3n) is 4.00. The zero-order valence-electron chi connectivity index (χ0n) is 15.7. The molecule has 0 bridgehead atoms. The molecule has 0 amide bonds. The Morgan fingerprint density at radius 2 is 1.45 bits per heavy atom. The van der Waals surface area contributed by atoms with E-state index in [0.29, 0.717) is 11.5 Å². The first kappa shape index (κ1) is 20.6. The fraction of sp³-hybridized carbons (Fsp3) is 0.600. The molecule has 1 aromatic carbocycles. The van der Waals surface area contributed by atoms with Crippen molar-refractivity contribution in [1.82, 2.24) is 0 Å². The Morgan fingerprint density at radius 1 is 0.955 bits per heavy atom. The molecule has 0 heterocycles. The molecule has 0 unspecified atom stereocenters. The van der Waals surface area contributed by atoms with E-state index in [4.69, 9.17) is 0 Å². The number of aromatic hydroxyl groups is 2. The van der Waals surface area contributed by atoms with E-state index in [1.807, 2.05) is 27.7 Å². The second kappa shape index (κ2) is 9.55. The molecule has 22 heavy (non-hydrogen) atoms. The predicted octanol–water partition coefficient (Wildman–Crippen LogP) is 5.97. The minimum absolute atomic E-state index is 0.312. The number of allylic oxidation sites excluding steroid dienone is 2. The summed E-state index contributed by atoms with van der Waals surface area (Å²) in [7, 11) is 0. The Labute approximate surface area is 136 Å². The van der Waals surface area contributed by atoms with Crippen LogP contribution in [0.5, 0.6) is 11.5 Å². The molecule has 0 aliphatic carbocycles. The Hall–Kier alpha value is -1.44. The summed E-state index contributed by atoms with van der Waals surface area (Å²) in [6.07, 6.45) is 5.48. The van der Waals surface area contributed by atoms with Crippen molar-refractivity contribution in [2.24, 2.45) is 5.92 Å². The van der Waals surface area contributed by atoms with E-state index in [9.17, 15) is 10.2 Å². The third-order valence-corrected chi connectivity index (χ3v) is 4.00. The van der Waals surface area contributed by atoms with E-state index >= 15 is 0 Å². The predicted molar refractivity (Wildman–Crippen MR) is 96.9 cm³/mol. The monoisotopic (exact) mass is 306 g/mol. The molecule has 0 saturated heterocycles. The molecule has 0 spiro atoms. The lowest BCUT2D eigenvalue weighted by molar-refractivity contribution is 0.444. The van der Waals surface area contributed by atoms with Crippen LogP contribution in [0.3, 0.4) is 0 Å². The quantitative estimate of drug-likeness (QED) is 0.531. The van der Waals surface area contributed by atoms with Crippen LogP contribution in [0.1, 0.15) is 69.7 Å². The van der Waals surface area contributed by atoms with Gasteiger partial charge in [0.1, 0.15) is 11.5 Å². The van der Waals surface area contributed by atoms with Gasteiger partial charge in [-0.2, -0.15) is 0 Å². The highest BCUT2D eigenvalue weighted by Gasteiger charge is 2.14. The number of hydrogen-bond acceptors (Lipinski definition) is 2. The SMILES string of the molecule is CC/C=C(\C)CC(C)C.CCc1c(C)c(O)c(C)c(C)c1O. The highest BCUT2D eigenvalue weighted by atomic mass is 16.3. The Balaban J connectivity index is 0.000000433. The second-order valence-electron chi connectivity index (χ2n) is 6.46. The van der Waals surface area contributed by atoms with Gasteiger partial charge in [-0.05, 0) is 69.6 Å². The Bertz CT molecular complexity index is 482. The number of phenols is 2. The van der Waals surface area contributed by atoms with Crippen LogP contribution in [0.15, 0.2) is 11.6 Å². The third kappa shape index (κ3) is 5.75. The van der Waals surface area contributed by atoms with E-state index < -0.39 is 0 Å². The van der Waals surface area contributed by atoms with Gasteiger partial charge in [0.05, 0.1) is 0 Å². The minimum Gasteiger partial charge on any atom is -0.507 e. The van der Waals surface area contributed by atoms with Crippen molar-refractivity contribution < 1.29 is 10.2 Å². The maximum absolute atomic E-state index is 9.77. The van der Waals surface area contributed by atoms with Gasteiger partial charge in [-0.15, -0.1) is 0 Å². The van der Waals surface area contributed by atoms with Gasteiger partial charge in [-0.1, -0.05) is 39.3 Å². The standard InChI is InChI=1S/C11H16O2.C9H18/c1-5-9-8(4)10(12)6(2)7(3)11(9)13;1-5-6-9(4)7-8(2)3/h12-13H,5H2,1-4H3;6,8H,5,7H2,1-4H3/b;9-6+. The van der Waals surface area contributed by atoms with Crippen LogP contribution in [0.2, 0.25) is 0 Å². The van der Waals surface area contributed by atoms with Gasteiger partial charge >= 0.3 is 0 Å². The van der Waals surface area contributed by atoms with Crippen molar-refractivity contribution in [1.29, 1.82) is 0 Å². The van der Waals surface area contributed by atoms with Gasteiger partial charge in [-0.3, -0.25) is 0 Å². The maximum atomic E-state index is 9.77. The van der Waals surface area contributed by atoms with Crippen molar-refractivity contribution >= 4 is 0 Å². The van der Waals surface area contributed by atoms with Crippen molar-refractivity contribution in [2.45, 2.75) is 74.7 Å². The molecule has 0 aliphatic rings. The van der Waals surface area contributed by atoms with Crippen molar-refractivity contribution in [3.63, 3.8) is 0 Å². The molecule has 2 heteroatoms. The lowest BCUT2D eigenvalue weighted by atomic mass is 9.96. The van der Waals surface area contributed by atoms with Gasteiger partial charge in [-0.25, -0.2) is 0 Å². The van der Waals surface area contributed by atoms with E-state index in [2.05, 4.69) is 33.8 Å². The van der Waals surface area contributed by atoms with Crippen molar-refractivity contribution in [2.75, 3.05) is 0 Å². The smallest absolute Gasteiger partial charge is 0.122 e. The molecule has 0 saturated carbocycles. The molecular weight excluding hydrogens is 272 g/mol. The first-order chi connectivity index (χ1) is 10.2. The first-order valence-electron chi connectivity index (χ1n) is 8.33. The summed E-state index contributed by atoms with van der Waals surface area (Å²) in [5.41, 5.74) is 4.73. The summed E-state index contributed by atoms with van der Waals surface area (Å²) < 4.78 is 0. The average Bonchev–Trinajstić information content (AvgIpc) is 2.44. The molecule has 0 radical (unpaired) electrons. The number of benzene rings is 1. The zero-order chi connectivity index (χ0) is 17.4. The Kier molecular flexibility index (Phi) is 8.93. The molecular formula is C20H34O2. The zero-order valence-corrected chi connectivity index (χ0v) is 15.7. The van der Waals surface area contributed by atoms with Crippen LogP contribution >= 0.6 is 0 Å². The van der Waals surface area contributed by atoms with E-state index in [1.165, 1.54) is 18.4 Å². The molecule has 0 fully saturated rings. The van der Waals surface area contributed by atoms with Gasteiger partial charge in [0.15, 0.2) is 0 Å². The summed E-state index contributed by atoms with van der Waals surface area (Å²) in [6.45, 7) is 16.4. The van der Waals surface area contributed by atoms with Crippen LogP contribution < -0.4 is 0 Å². The fourth-order valence-electron chi connectivity index (χ4n) is 2.69. The molecule has 1 aromatic rings. The van der Waals surface area contributed by atoms with Crippen molar-refractivity contribution in [3.05, 3.63) is 33.9 Å². The largest absolute Gasteiger partial charge is 0.507 e. The lowest BCUT2D eigenvalue weighted by Gasteiger charge is -2.14. The highest BCUT2D eigenvalue weighted by molar-refractivity contribution is 5.56. The molecule has 2 nitrogen and oxygen atoms in total. The van der Waals surface area contributed by atoms with Gasteiger partial charge in [0.25, 0.3) is 0 Å². The minimum atomic E-state index is 0.312. The average molecular weight is 306 g/mol. The van der Waals surface area contributed by atoms with Crippen LogP contribution in [0, 0.1) is 26.7 Å². The molecule has 0 atom stereocenters. The normalized spacial score (nSPS) is 11.4. The van der Waals surface area contributed by atoms with E-state index in [-0.39, 0.29) is 0 Å². The molecule has 126 valence electrons. The van der Waals surface area contributed by atoms with E-state index in [0.717, 1.165) is 34.6 Å². The van der Waals surface area contributed by atoms with E-state index in [1.54, 1.807) is 0 Å². The number of rotatable bonds is 4. The Morgan fingerprint density at radius 3 is 1.86 bits per heavy atom. The maximum Gasteiger partial charge on any atom is 0.122 e. The first-order valence-corrected chi connectivity index (χ1v) is 8.33. The van der Waals surface area contributed by atoms with Gasteiger partial charge < -0.3 is 10.2 Å². The van der Waals surface area contributed by atoms with Crippen LogP contribution in [-0.2, 0) is 6.42 Å². The van der Waals surface area contributed by atoms with Crippen molar-refractivity contribution in [3.8, 4) is 11.5 Å².